The van der Waals surface area contributed by atoms with Gasteiger partial charge < -0.3 is 4.90 Å². The van der Waals surface area contributed by atoms with Crippen molar-refractivity contribution in [2.45, 2.75) is 42.7 Å². The molecule has 0 fully saturated rings. The van der Waals surface area contributed by atoms with E-state index in [-0.39, 0.29) is 5.69 Å². The topological polar surface area (TPSA) is 63.5 Å². The number of benzene rings is 1. The first kappa shape index (κ1) is 22.7. The van der Waals surface area contributed by atoms with Crippen molar-refractivity contribution < 1.29 is 49.2 Å². The van der Waals surface area contributed by atoms with Crippen LogP contribution in [0.15, 0.2) is 18.2 Å². The van der Waals surface area contributed by atoms with E-state index in [0.29, 0.717) is 17.9 Å². The van der Waals surface area contributed by atoms with E-state index in [4.69, 9.17) is 0 Å². The Morgan fingerprint density at radius 2 is 1.55 bits per heavy atom. The molecule has 0 saturated heterocycles. The largest absolute Gasteiger partial charge is 0.460 e. The van der Waals surface area contributed by atoms with Gasteiger partial charge in [-0.2, -0.15) is 39.5 Å². The number of fused-ring (bicyclic) bond motifs is 1. The zero-order chi connectivity index (χ0) is 22.8. The van der Waals surface area contributed by atoms with Crippen LogP contribution in [0.25, 0.3) is 0 Å². The van der Waals surface area contributed by atoms with E-state index in [0.717, 1.165) is 19.2 Å². The number of nitro groups is 1. The maximum absolute atomic E-state index is 14.1. The Kier molecular flexibility index (Phi) is 4.88. The summed E-state index contributed by atoms with van der Waals surface area (Å²) < 4.78 is 119. The van der Waals surface area contributed by atoms with Gasteiger partial charge in [-0.1, -0.05) is 0 Å². The van der Waals surface area contributed by atoms with Gasteiger partial charge in [-0.25, -0.2) is 0 Å². The number of carbonyl (C=O) groups is 1. The number of anilines is 1. The molecule has 5 nitrogen and oxygen atoms in total. The Morgan fingerprint density at radius 3 is 2.00 bits per heavy atom. The zero-order valence-electron chi connectivity index (χ0n) is 14.5. The van der Waals surface area contributed by atoms with Crippen LogP contribution in [-0.2, 0) is 10.2 Å². The van der Waals surface area contributed by atoms with Gasteiger partial charge in [0.1, 0.15) is 0 Å². The fourth-order valence-corrected chi connectivity index (χ4v) is 3.10. The molecule has 0 N–H and O–H groups in total. The molecule has 0 radical (unpaired) electrons. The average Bonchev–Trinajstić information content (AvgIpc) is 2.74. The molecule has 1 aromatic carbocycles. The SMILES string of the molecule is CN1C(=O)C(C)(CC(F)(F)C(F)(F)C(F)(F)C(F)(F)F)c2cc([N+](=O)[O-])ccc21. The first-order chi connectivity index (χ1) is 12.8. The maximum atomic E-state index is 14.1. The number of nitro benzene ring substituents is 1. The van der Waals surface area contributed by atoms with E-state index in [1.807, 2.05) is 0 Å². The molecule has 0 bridgehead atoms. The number of alkyl halides is 9. The smallest absolute Gasteiger partial charge is 0.314 e. The number of rotatable bonds is 5. The highest BCUT2D eigenvalue weighted by atomic mass is 19.4. The van der Waals surface area contributed by atoms with Crippen molar-refractivity contribution in [1.29, 1.82) is 0 Å². The van der Waals surface area contributed by atoms with E-state index in [9.17, 15) is 54.4 Å². The van der Waals surface area contributed by atoms with Crippen molar-refractivity contribution in [2.24, 2.45) is 0 Å². The minimum absolute atomic E-state index is 0.218. The van der Waals surface area contributed by atoms with Gasteiger partial charge >= 0.3 is 23.9 Å². The van der Waals surface area contributed by atoms with Crippen LogP contribution in [0.3, 0.4) is 0 Å². The lowest BCUT2D eigenvalue weighted by molar-refractivity contribution is -0.397. The summed E-state index contributed by atoms with van der Waals surface area (Å²) in [5.41, 5.74) is -4.26. The van der Waals surface area contributed by atoms with Crippen molar-refractivity contribution >= 4 is 17.3 Å². The lowest BCUT2D eigenvalue weighted by atomic mass is 9.76. The molecule has 1 atom stereocenters. The number of carbonyl (C=O) groups excluding carboxylic acids is 1. The van der Waals surface area contributed by atoms with Gasteiger partial charge in [-0.15, -0.1) is 0 Å². The normalized spacial score (nSPS) is 20.8. The predicted molar refractivity (Wildman–Crippen MR) is 79.4 cm³/mol. The highest BCUT2D eigenvalue weighted by Crippen LogP contribution is 2.57. The molecule has 0 saturated carbocycles. The number of non-ortho nitro benzene ring substituents is 1. The molecule has 162 valence electrons. The molecule has 0 aromatic heterocycles. The van der Waals surface area contributed by atoms with Crippen LogP contribution in [0.5, 0.6) is 0 Å². The van der Waals surface area contributed by atoms with Gasteiger partial charge in [-0.3, -0.25) is 14.9 Å². The average molecular weight is 438 g/mol. The third-order valence-corrected chi connectivity index (χ3v) is 4.71. The van der Waals surface area contributed by atoms with Crippen molar-refractivity contribution in [3.63, 3.8) is 0 Å². The molecular weight excluding hydrogens is 427 g/mol. The fourth-order valence-electron chi connectivity index (χ4n) is 3.10. The number of halogens is 9. The van der Waals surface area contributed by atoms with Gasteiger partial charge in [0.15, 0.2) is 0 Å². The van der Waals surface area contributed by atoms with Crippen LogP contribution < -0.4 is 4.90 Å². The fraction of sp³-hybridized carbons (Fsp3) is 0.533. The minimum atomic E-state index is -7.10. The highest BCUT2D eigenvalue weighted by Gasteiger charge is 2.82. The summed E-state index contributed by atoms with van der Waals surface area (Å²) in [7, 11) is 0.999. The Hall–Kier alpha value is -2.54. The van der Waals surface area contributed by atoms with E-state index < -0.39 is 57.9 Å². The van der Waals surface area contributed by atoms with Crippen molar-refractivity contribution in [1.82, 2.24) is 0 Å². The second-order valence-corrected chi connectivity index (χ2v) is 6.68. The molecule has 29 heavy (non-hydrogen) atoms. The summed E-state index contributed by atoms with van der Waals surface area (Å²) in [6.45, 7) is 0.608. The van der Waals surface area contributed by atoms with Crippen molar-refractivity contribution in [3.8, 4) is 0 Å². The lowest BCUT2D eigenvalue weighted by Crippen LogP contribution is -2.62. The predicted octanol–water partition coefficient (Wildman–Crippen LogP) is 4.69. The van der Waals surface area contributed by atoms with Crippen LogP contribution in [0, 0.1) is 10.1 Å². The number of hydrogen-bond acceptors (Lipinski definition) is 3. The van der Waals surface area contributed by atoms with Gasteiger partial charge in [0.05, 0.1) is 10.3 Å². The van der Waals surface area contributed by atoms with Gasteiger partial charge in [-0.05, 0) is 18.6 Å². The number of nitrogens with zero attached hydrogens (tertiary/aromatic N) is 2. The second kappa shape index (κ2) is 6.23. The molecule has 1 aliphatic heterocycles. The second-order valence-electron chi connectivity index (χ2n) is 6.68. The van der Waals surface area contributed by atoms with Crippen LogP contribution >= 0.6 is 0 Å². The Bertz CT molecular complexity index is 869. The molecule has 0 spiro atoms. The van der Waals surface area contributed by atoms with Crippen LogP contribution in [0.2, 0.25) is 0 Å². The monoisotopic (exact) mass is 438 g/mol. The third kappa shape index (κ3) is 3.08. The Balaban J connectivity index is 2.59. The number of amides is 1. The summed E-state index contributed by atoms with van der Waals surface area (Å²) in [5, 5.41) is 10.9. The van der Waals surface area contributed by atoms with E-state index >= 15 is 0 Å². The summed E-state index contributed by atoms with van der Waals surface area (Å²) in [4.78, 5) is 22.9. The number of likely N-dealkylation sites (N-methyl/N-ethyl adjacent to an activating group) is 1. The van der Waals surface area contributed by atoms with Crippen molar-refractivity contribution in [3.05, 3.63) is 33.9 Å². The summed E-state index contributed by atoms with van der Waals surface area (Å²) in [6.07, 6.45) is -9.44. The van der Waals surface area contributed by atoms with Gasteiger partial charge in [0.2, 0.25) is 5.91 Å². The third-order valence-electron chi connectivity index (χ3n) is 4.71. The molecule has 1 amide bonds. The first-order valence-corrected chi connectivity index (χ1v) is 7.58. The van der Waals surface area contributed by atoms with E-state index in [2.05, 4.69) is 0 Å². The zero-order valence-corrected chi connectivity index (χ0v) is 14.5. The van der Waals surface area contributed by atoms with Gasteiger partial charge in [0.25, 0.3) is 5.69 Å². The van der Waals surface area contributed by atoms with E-state index in [1.165, 1.54) is 0 Å². The van der Waals surface area contributed by atoms with Crippen molar-refractivity contribution in [2.75, 3.05) is 11.9 Å². The van der Waals surface area contributed by atoms with Crippen LogP contribution in [0.4, 0.5) is 50.9 Å². The molecule has 1 aromatic rings. The molecule has 1 unspecified atom stereocenters. The maximum Gasteiger partial charge on any atom is 0.460 e. The summed E-state index contributed by atoms with van der Waals surface area (Å²) in [6, 6.07) is 2.42. The van der Waals surface area contributed by atoms with Gasteiger partial charge in [0, 0.05) is 31.3 Å². The summed E-state index contributed by atoms with van der Waals surface area (Å²) >= 11 is 0. The summed E-state index contributed by atoms with van der Waals surface area (Å²) in [5.74, 6) is -21.3. The molecule has 2 rings (SSSR count). The molecule has 14 heteroatoms. The minimum Gasteiger partial charge on any atom is -0.314 e. The Morgan fingerprint density at radius 1 is 1.03 bits per heavy atom. The molecule has 1 heterocycles. The van der Waals surface area contributed by atoms with Crippen LogP contribution in [-0.4, -0.2) is 41.8 Å². The molecular formula is C15H11F9N2O3. The quantitative estimate of drug-likeness (QED) is 0.381. The molecule has 1 aliphatic rings. The van der Waals surface area contributed by atoms with Crippen LogP contribution in [0.1, 0.15) is 18.9 Å². The highest BCUT2D eigenvalue weighted by molar-refractivity contribution is 6.07. The first-order valence-electron chi connectivity index (χ1n) is 7.58. The number of hydrogen-bond donors (Lipinski definition) is 0. The molecule has 0 aliphatic carbocycles. The van der Waals surface area contributed by atoms with E-state index in [1.54, 1.807) is 0 Å². The lowest BCUT2D eigenvalue weighted by Gasteiger charge is -2.37. The standard InChI is InChI=1S/C15H11F9N2O3/c1-11(6-12(16,17)13(18,19)14(20,21)15(22,23)24)8-5-7(26(28)29)3-4-9(8)25(2)10(11)27/h3-5H,6H2,1-2H3. The Labute approximate surface area is 156 Å².